The molecule has 1 aromatic rings. The van der Waals surface area contributed by atoms with Crippen molar-refractivity contribution in [1.29, 1.82) is 0 Å². The first kappa shape index (κ1) is 14.0. The van der Waals surface area contributed by atoms with E-state index in [4.69, 9.17) is 5.73 Å². The number of nitrogens with two attached hydrogens (primary N) is 1. The van der Waals surface area contributed by atoms with Gasteiger partial charge in [-0.1, -0.05) is 0 Å². The molecule has 0 bridgehead atoms. The molecule has 6 nitrogen and oxygen atoms in total. The first-order valence-electron chi connectivity index (χ1n) is 5.46. The number of halogens is 1. The van der Waals surface area contributed by atoms with E-state index in [0.29, 0.717) is 0 Å². The number of rotatable bonds is 6. The molecule has 18 heavy (non-hydrogen) atoms. The highest BCUT2D eigenvalue weighted by molar-refractivity contribution is 5.84. The van der Waals surface area contributed by atoms with Gasteiger partial charge in [-0.2, -0.15) is 0 Å². The smallest absolute Gasteiger partial charge is 0.239 e. The molecule has 0 aliphatic carbocycles. The van der Waals surface area contributed by atoms with Crippen molar-refractivity contribution in [2.24, 2.45) is 5.73 Å². The van der Waals surface area contributed by atoms with E-state index >= 15 is 0 Å². The summed E-state index contributed by atoms with van der Waals surface area (Å²) in [5.41, 5.74) is 5.33. The molecule has 2 amide bonds. The molecule has 0 aliphatic rings. The molecule has 0 unspecified atom stereocenters. The minimum Gasteiger partial charge on any atom is -0.349 e. The third kappa shape index (κ3) is 4.88. The first-order valence-corrected chi connectivity index (χ1v) is 5.46. The van der Waals surface area contributed by atoms with Crippen LogP contribution in [0.4, 0.5) is 4.39 Å². The normalized spacial score (nSPS) is 9.89. The number of aromatic nitrogens is 1. The summed E-state index contributed by atoms with van der Waals surface area (Å²) in [4.78, 5) is 26.1. The highest BCUT2D eigenvalue weighted by atomic mass is 19.1. The zero-order valence-electron chi connectivity index (χ0n) is 9.78. The highest BCUT2D eigenvalue weighted by Gasteiger charge is 2.07. The van der Waals surface area contributed by atoms with Crippen LogP contribution < -0.4 is 16.4 Å². The molecule has 4 N–H and O–H groups in total. The van der Waals surface area contributed by atoms with Crippen LogP contribution in [0, 0.1) is 5.82 Å². The van der Waals surface area contributed by atoms with E-state index in [-0.39, 0.29) is 37.7 Å². The fourth-order valence-corrected chi connectivity index (χ4v) is 1.19. The Kier molecular flexibility index (Phi) is 5.72. The predicted octanol–water partition coefficient (Wildman–Crippen LogP) is -0.698. The summed E-state index contributed by atoms with van der Waals surface area (Å²) in [7, 11) is 0. The number of hydrogen-bond acceptors (Lipinski definition) is 4. The van der Waals surface area contributed by atoms with Crippen molar-refractivity contribution >= 4 is 11.8 Å². The second-order valence-corrected chi connectivity index (χ2v) is 3.52. The van der Waals surface area contributed by atoms with Gasteiger partial charge in [0.05, 0.1) is 18.8 Å². The SMILES string of the molecule is NCCC(=O)NCC(=O)NCc1ncccc1F. The van der Waals surface area contributed by atoms with Gasteiger partial charge in [0.1, 0.15) is 5.82 Å². The van der Waals surface area contributed by atoms with Crippen molar-refractivity contribution in [3.63, 3.8) is 0 Å². The van der Waals surface area contributed by atoms with Crippen molar-refractivity contribution in [2.75, 3.05) is 13.1 Å². The summed E-state index contributed by atoms with van der Waals surface area (Å²) in [6.45, 7) is 0.0537. The summed E-state index contributed by atoms with van der Waals surface area (Å²) < 4.78 is 13.2. The fraction of sp³-hybridized carbons (Fsp3) is 0.364. The lowest BCUT2D eigenvalue weighted by atomic mass is 10.3. The van der Waals surface area contributed by atoms with Crippen LogP contribution in [0.25, 0.3) is 0 Å². The quantitative estimate of drug-likeness (QED) is 0.625. The summed E-state index contributed by atoms with van der Waals surface area (Å²) >= 11 is 0. The maximum absolute atomic E-state index is 13.2. The Labute approximate surface area is 104 Å². The van der Waals surface area contributed by atoms with Gasteiger partial charge in [-0.3, -0.25) is 14.6 Å². The van der Waals surface area contributed by atoms with Crippen LogP contribution in [-0.4, -0.2) is 29.9 Å². The van der Waals surface area contributed by atoms with Gasteiger partial charge >= 0.3 is 0 Å². The second kappa shape index (κ2) is 7.33. The van der Waals surface area contributed by atoms with Crippen LogP contribution in [0.2, 0.25) is 0 Å². The molecular weight excluding hydrogens is 239 g/mol. The zero-order chi connectivity index (χ0) is 13.4. The Bertz CT molecular complexity index is 425. The Morgan fingerprint density at radius 1 is 1.33 bits per heavy atom. The van der Waals surface area contributed by atoms with Crippen LogP contribution >= 0.6 is 0 Å². The van der Waals surface area contributed by atoms with Gasteiger partial charge in [-0.25, -0.2) is 4.39 Å². The Balaban J connectivity index is 2.29. The Morgan fingerprint density at radius 3 is 2.78 bits per heavy atom. The van der Waals surface area contributed by atoms with Crippen molar-refractivity contribution in [1.82, 2.24) is 15.6 Å². The summed E-state index contributed by atoms with van der Waals surface area (Å²) in [6, 6.07) is 2.73. The highest BCUT2D eigenvalue weighted by Crippen LogP contribution is 2.01. The second-order valence-electron chi connectivity index (χ2n) is 3.52. The number of carbonyl (C=O) groups excluding carboxylic acids is 2. The maximum atomic E-state index is 13.2. The molecule has 0 radical (unpaired) electrons. The van der Waals surface area contributed by atoms with Crippen molar-refractivity contribution in [3.05, 3.63) is 29.8 Å². The van der Waals surface area contributed by atoms with E-state index in [2.05, 4.69) is 15.6 Å². The summed E-state index contributed by atoms with van der Waals surface area (Å²) in [5, 5.41) is 4.84. The average Bonchev–Trinajstić information content (AvgIpc) is 2.36. The Morgan fingerprint density at radius 2 is 2.11 bits per heavy atom. The van der Waals surface area contributed by atoms with Gasteiger partial charge in [0.15, 0.2) is 0 Å². The van der Waals surface area contributed by atoms with E-state index in [1.807, 2.05) is 0 Å². The van der Waals surface area contributed by atoms with E-state index in [1.165, 1.54) is 18.3 Å². The van der Waals surface area contributed by atoms with Gasteiger partial charge in [0.2, 0.25) is 11.8 Å². The fourth-order valence-electron chi connectivity index (χ4n) is 1.19. The molecule has 0 saturated carbocycles. The molecule has 0 saturated heterocycles. The topological polar surface area (TPSA) is 97.1 Å². The zero-order valence-corrected chi connectivity index (χ0v) is 9.78. The maximum Gasteiger partial charge on any atom is 0.239 e. The molecule has 0 atom stereocenters. The molecule has 0 aromatic carbocycles. The lowest BCUT2D eigenvalue weighted by Gasteiger charge is -2.06. The minimum absolute atomic E-state index is 0.0156. The van der Waals surface area contributed by atoms with Crippen molar-refractivity contribution < 1.29 is 14.0 Å². The van der Waals surface area contributed by atoms with Gasteiger partial charge in [0.25, 0.3) is 0 Å². The number of amides is 2. The van der Waals surface area contributed by atoms with Gasteiger partial charge < -0.3 is 16.4 Å². The van der Waals surface area contributed by atoms with Crippen molar-refractivity contribution in [3.8, 4) is 0 Å². The lowest BCUT2D eigenvalue weighted by Crippen LogP contribution is -2.37. The van der Waals surface area contributed by atoms with Crippen LogP contribution in [0.15, 0.2) is 18.3 Å². The van der Waals surface area contributed by atoms with Gasteiger partial charge in [0, 0.05) is 19.2 Å². The van der Waals surface area contributed by atoms with Crippen LogP contribution in [0.3, 0.4) is 0 Å². The monoisotopic (exact) mass is 254 g/mol. The van der Waals surface area contributed by atoms with Crippen LogP contribution in [0.1, 0.15) is 12.1 Å². The standard InChI is InChI=1S/C11H15FN4O2/c12-8-2-1-5-14-9(8)6-15-11(18)7-16-10(17)3-4-13/h1-2,5H,3-4,6-7,13H2,(H,15,18)(H,16,17). The van der Waals surface area contributed by atoms with Crippen molar-refractivity contribution in [2.45, 2.75) is 13.0 Å². The third-order valence-corrected chi connectivity index (χ3v) is 2.11. The number of nitrogens with one attached hydrogen (secondary N) is 2. The number of pyridine rings is 1. The molecule has 1 rings (SSSR count). The number of hydrogen-bond donors (Lipinski definition) is 3. The molecular formula is C11H15FN4O2. The number of nitrogens with zero attached hydrogens (tertiary/aromatic N) is 1. The summed E-state index contributed by atoms with van der Waals surface area (Å²) in [5.74, 6) is -1.19. The molecule has 1 aromatic heterocycles. The first-order chi connectivity index (χ1) is 8.63. The average molecular weight is 254 g/mol. The lowest BCUT2D eigenvalue weighted by molar-refractivity contribution is -0.126. The molecule has 0 fully saturated rings. The van der Waals surface area contributed by atoms with E-state index in [9.17, 15) is 14.0 Å². The molecule has 7 heteroatoms. The Hall–Kier alpha value is -2.02. The minimum atomic E-state index is -0.482. The molecule has 0 spiro atoms. The van der Waals surface area contributed by atoms with Crippen LogP contribution in [0.5, 0.6) is 0 Å². The predicted molar refractivity (Wildman–Crippen MR) is 62.7 cm³/mol. The van der Waals surface area contributed by atoms with E-state index in [0.717, 1.165) is 0 Å². The summed E-state index contributed by atoms with van der Waals surface area (Å²) in [6.07, 6.45) is 1.61. The third-order valence-electron chi connectivity index (χ3n) is 2.11. The molecule has 1 heterocycles. The van der Waals surface area contributed by atoms with Crippen LogP contribution in [-0.2, 0) is 16.1 Å². The molecule has 0 aliphatic heterocycles. The van der Waals surface area contributed by atoms with Gasteiger partial charge in [-0.05, 0) is 12.1 Å². The van der Waals surface area contributed by atoms with E-state index in [1.54, 1.807) is 0 Å². The molecule has 98 valence electrons. The van der Waals surface area contributed by atoms with E-state index < -0.39 is 11.7 Å². The number of carbonyl (C=O) groups is 2. The largest absolute Gasteiger partial charge is 0.349 e. The van der Waals surface area contributed by atoms with Gasteiger partial charge in [-0.15, -0.1) is 0 Å².